The Kier molecular flexibility index (Phi) is 4.69. The molecule has 0 amide bonds. The molecule has 1 atom stereocenters. The Morgan fingerprint density at radius 3 is 2.70 bits per heavy atom. The van der Waals surface area contributed by atoms with E-state index >= 15 is 0 Å². The molecule has 2 aliphatic rings. The molecule has 1 aliphatic carbocycles. The van der Waals surface area contributed by atoms with Crippen LogP contribution in [0.5, 0.6) is 5.75 Å². The second-order valence-electron chi connectivity index (χ2n) is 8.93. The summed E-state index contributed by atoms with van der Waals surface area (Å²) in [4.78, 5) is 15.5. The molecule has 0 radical (unpaired) electrons. The van der Waals surface area contributed by atoms with E-state index < -0.39 is 17.7 Å². The van der Waals surface area contributed by atoms with Gasteiger partial charge in [0.05, 0.1) is 16.7 Å². The number of halogens is 2. The van der Waals surface area contributed by atoms with Gasteiger partial charge in [0, 0.05) is 37.7 Å². The number of phenolic OH excluding ortho intramolecular Hbond substituents is 1. The summed E-state index contributed by atoms with van der Waals surface area (Å²) in [6.07, 6.45) is 1.57. The maximum Gasteiger partial charge on any atom is 0.195 e. The van der Waals surface area contributed by atoms with Crippen molar-refractivity contribution in [2.24, 2.45) is 0 Å². The Labute approximate surface area is 188 Å². The molecule has 1 aliphatic heterocycles. The van der Waals surface area contributed by atoms with Gasteiger partial charge in [-0.15, -0.1) is 0 Å². The van der Waals surface area contributed by atoms with Crippen molar-refractivity contribution in [3.05, 3.63) is 42.0 Å². The van der Waals surface area contributed by atoms with Crippen LogP contribution >= 0.6 is 0 Å². The van der Waals surface area contributed by atoms with Gasteiger partial charge in [0.1, 0.15) is 17.5 Å². The number of anilines is 1. The number of hydrogen-bond acceptors (Lipinski definition) is 7. The Bertz CT molecular complexity index is 1370. The van der Waals surface area contributed by atoms with Crippen LogP contribution in [-0.2, 0) is 0 Å². The highest BCUT2D eigenvalue weighted by molar-refractivity contribution is 5.87. The van der Waals surface area contributed by atoms with Crippen LogP contribution in [0.25, 0.3) is 33.4 Å². The molecule has 1 aromatic carbocycles. The lowest BCUT2D eigenvalue weighted by Crippen LogP contribution is -2.48. The largest absolute Gasteiger partial charge is 0.504 e. The number of aromatic hydroxyl groups is 1. The van der Waals surface area contributed by atoms with E-state index in [1.54, 1.807) is 19.1 Å². The third kappa shape index (κ3) is 3.56. The molecule has 9 heteroatoms. The van der Waals surface area contributed by atoms with Crippen molar-refractivity contribution >= 4 is 28.0 Å². The number of oxazole rings is 1. The Balaban J connectivity index is 1.26. The van der Waals surface area contributed by atoms with E-state index in [1.807, 2.05) is 18.2 Å². The Hall–Kier alpha value is -3.33. The van der Waals surface area contributed by atoms with Crippen LogP contribution in [0.2, 0.25) is 0 Å². The van der Waals surface area contributed by atoms with Gasteiger partial charge in [-0.2, -0.15) is 0 Å². The summed E-state index contributed by atoms with van der Waals surface area (Å²) >= 11 is 0. The van der Waals surface area contributed by atoms with Gasteiger partial charge in [0.15, 0.2) is 23.0 Å². The van der Waals surface area contributed by atoms with Crippen molar-refractivity contribution in [1.29, 1.82) is 0 Å². The standard InChI is InChI=1S/C24H23F2N5O2/c1-12-27-23-20(33-12)10-16(24(32)22(23)26)17-2-3-19-18(29-17)4-5-21(30-19)31-7-6-14(11-31)28-15-8-13(25)9-15/h2-5,10,13-15,28,32H,6-9,11H2,1H3. The summed E-state index contributed by atoms with van der Waals surface area (Å²) < 4.78 is 33.1. The summed E-state index contributed by atoms with van der Waals surface area (Å²) in [6.45, 7) is 3.34. The normalized spacial score (nSPS) is 22.9. The number of alkyl halides is 1. The maximum atomic E-state index is 14.6. The van der Waals surface area contributed by atoms with Crippen LogP contribution in [0.1, 0.15) is 25.2 Å². The molecule has 170 valence electrons. The highest BCUT2D eigenvalue weighted by atomic mass is 19.1. The minimum absolute atomic E-state index is 0.000995. The van der Waals surface area contributed by atoms with Crippen LogP contribution < -0.4 is 10.2 Å². The quantitative estimate of drug-likeness (QED) is 0.479. The van der Waals surface area contributed by atoms with E-state index in [0.717, 1.165) is 25.3 Å². The lowest BCUT2D eigenvalue weighted by Gasteiger charge is -2.33. The molecule has 33 heavy (non-hydrogen) atoms. The molecule has 0 spiro atoms. The number of fused-ring (bicyclic) bond motifs is 2. The number of benzene rings is 1. The third-order valence-corrected chi connectivity index (χ3v) is 6.57. The zero-order valence-electron chi connectivity index (χ0n) is 18.1. The monoisotopic (exact) mass is 451 g/mol. The van der Waals surface area contributed by atoms with Crippen LogP contribution in [0.4, 0.5) is 14.6 Å². The fourth-order valence-corrected chi connectivity index (χ4v) is 4.77. The Morgan fingerprint density at radius 1 is 1.09 bits per heavy atom. The van der Waals surface area contributed by atoms with Gasteiger partial charge in [-0.1, -0.05) is 0 Å². The van der Waals surface area contributed by atoms with Crippen molar-refractivity contribution < 1.29 is 18.3 Å². The number of nitrogens with one attached hydrogen (secondary N) is 1. The fraction of sp³-hybridized carbons (Fsp3) is 0.375. The molecule has 4 aromatic rings. The molecule has 4 heterocycles. The SMILES string of the molecule is Cc1nc2c(F)c(O)c(-c3ccc4nc(N5CCC(NC6CC(F)C6)C5)ccc4n3)cc2o1. The lowest BCUT2D eigenvalue weighted by molar-refractivity contribution is 0.148. The van der Waals surface area contributed by atoms with Crippen molar-refractivity contribution in [1.82, 2.24) is 20.3 Å². The summed E-state index contributed by atoms with van der Waals surface area (Å²) in [5.74, 6) is -0.141. The van der Waals surface area contributed by atoms with Gasteiger partial charge < -0.3 is 19.7 Å². The molecule has 0 bridgehead atoms. The Morgan fingerprint density at radius 2 is 1.88 bits per heavy atom. The number of rotatable bonds is 4. The number of aromatic nitrogens is 3. The first-order chi connectivity index (χ1) is 15.9. The summed E-state index contributed by atoms with van der Waals surface area (Å²) in [6, 6.07) is 9.51. The van der Waals surface area contributed by atoms with E-state index in [4.69, 9.17) is 9.40 Å². The molecule has 1 saturated heterocycles. The van der Waals surface area contributed by atoms with Gasteiger partial charge in [0.25, 0.3) is 0 Å². The summed E-state index contributed by atoms with van der Waals surface area (Å²) in [5, 5.41) is 13.9. The van der Waals surface area contributed by atoms with Crippen LogP contribution in [0.3, 0.4) is 0 Å². The average molecular weight is 451 g/mol. The second-order valence-corrected chi connectivity index (χ2v) is 8.93. The predicted molar refractivity (Wildman–Crippen MR) is 121 cm³/mol. The fourth-order valence-electron chi connectivity index (χ4n) is 4.77. The molecule has 7 nitrogen and oxygen atoms in total. The number of nitrogens with zero attached hydrogens (tertiary/aromatic N) is 4. The zero-order valence-corrected chi connectivity index (χ0v) is 18.1. The van der Waals surface area contributed by atoms with E-state index in [2.05, 4.69) is 20.2 Å². The molecule has 2 fully saturated rings. The van der Waals surface area contributed by atoms with Gasteiger partial charge >= 0.3 is 0 Å². The van der Waals surface area contributed by atoms with Gasteiger partial charge in [-0.25, -0.2) is 23.7 Å². The number of phenols is 1. The topological polar surface area (TPSA) is 87.3 Å². The van der Waals surface area contributed by atoms with E-state index in [-0.39, 0.29) is 16.7 Å². The average Bonchev–Trinajstić information content (AvgIpc) is 3.41. The van der Waals surface area contributed by atoms with Crippen LogP contribution in [-0.4, -0.2) is 51.4 Å². The number of hydrogen-bond donors (Lipinski definition) is 2. The molecule has 3 aromatic heterocycles. The van der Waals surface area contributed by atoms with Crippen molar-refractivity contribution in [2.45, 2.75) is 44.4 Å². The minimum atomic E-state index is -0.823. The summed E-state index contributed by atoms with van der Waals surface area (Å²) in [5.41, 5.74) is 2.27. The summed E-state index contributed by atoms with van der Waals surface area (Å²) in [7, 11) is 0. The first-order valence-electron chi connectivity index (χ1n) is 11.2. The van der Waals surface area contributed by atoms with Crippen LogP contribution in [0, 0.1) is 12.7 Å². The van der Waals surface area contributed by atoms with Crippen LogP contribution in [0.15, 0.2) is 34.7 Å². The molecule has 2 N–H and O–H groups in total. The van der Waals surface area contributed by atoms with Gasteiger partial charge in [-0.05, 0) is 49.6 Å². The third-order valence-electron chi connectivity index (χ3n) is 6.57. The molecule has 6 rings (SSSR count). The van der Waals surface area contributed by atoms with E-state index in [1.165, 1.54) is 0 Å². The first kappa shape index (κ1) is 20.3. The predicted octanol–water partition coefficient (Wildman–Crippen LogP) is 4.26. The molecule has 1 unspecified atom stereocenters. The van der Waals surface area contributed by atoms with E-state index in [9.17, 15) is 13.9 Å². The van der Waals surface area contributed by atoms with Gasteiger partial charge in [0.2, 0.25) is 0 Å². The molecular weight excluding hydrogens is 428 g/mol. The molecule has 1 saturated carbocycles. The number of aryl methyl sites for hydroxylation is 1. The number of pyridine rings is 2. The first-order valence-corrected chi connectivity index (χ1v) is 11.2. The highest BCUT2D eigenvalue weighted by Crippen LogP contribution is 2.36. The maximum absolute atomic E-state index is 14.6. The second kappa shape index (κ2) is 7.62. The van der Waals surface area contributed by atoms with E-state index in [0.29, 0.717) is 47.5 Å². The highest BCUT2D eigenvalue weighted by Gasteiger charge is 2.33. The lowest BCUT2D eigenvalue weighted by atomic mass is 9.90. The van der Waals surface area contributed by atoms with Gasteiger partial charge in [-0.3, -0.25) is 0 Å². The van der Waals surface area contributed by atoms with Crippen molar-refractivity contribution in [3.8, 4) is 17.0 Å². The van der Waals surface area contributed by atoms with Crippen molar-refractivity contribution in [3.63, 3.8) is 0 Å². The zero-order chi connectivity index (χ0) is 22.7. The smallest absolute Gasteiger partial charge is 0.195 e. The minimum Gasteiger partial charge on any atom is -0.504 e. The van der Waals surface area contributed by atoms with Crippen molar-refractivity contribution in [2.75, 3.05) is 18.0 Å². The molecular formula is C24H23F2N5O2.